The number of benzene rings is 1. The van der Waals surface area contributed by atoms with Crippen molar-refractivity contribution in [3.05, 3.63) is 35.7 Å². The first-order valence-electron chi connectivity index (χ1n) is 5.74. The van der Waals surface area contributed by atoms with Crippen LogP contribution in [0.25, 0.3) is 11.4 Å². The summed E-state index contributed by atoms with van der Waals surface area (Å²) in [6.45, 7) is 6.08. The van der Waals surface area contributed by atoms with Gasteiger partial charge < -0.3 is 10.3 Å². The molecule has 0 aliphatic heterocycles. The van der Waals surface area contributed by atoms with Gasteiger partial charge in [0.25, 0.3) is 0 Å². The van der Waals surface area contributed by atoms with Crippen LogP contribution < -0.4 is 5.73 Å². The minimum Gasteiger partial charge on any atom is -0.337 e. The number of rotatable bonds is 3. The van der Waals surface area contributed by atoms with E-state index in [1.165, 1.54) is 0 Å². The smallest absolute Gasteiger partial charge is 0.244 e. The van der Waals surface area contributed by atoms with Gasteiger partial charge in [-0.2, -0.15) is 4.98 Å². The molecule has 90 valence electrons. The van der Waals surface area contributed by atoms with Crippen LogP contribution in [0.5, 0.6) is 0 Å². The molecule has 1 aromatic heterocycles. The molecule has 17 heavy (non-hydrogen) atoms. The van der Waals surface area contributed by atoms with Gasteiger partial charge >= 0.3 is 0 Å². The van der Waals surface area contributed by atoms with Crippen molar-refractivity contribution in [1.29, 1.82) is 0 Å². The number of nitrogens with zero attached hydrogens (tertiary/aromatic N) is 2. The fourth-order valence-electron chi connectivity index (χ4n) is 1.59. The van der Waals surface area contributed by atoms with Gasteiger partial charge in [-0.3, -0.25) is 0 Å². The molecule has 0 saturated heterocycles. The summed E-state index contributed by atoms with van der Waals surface area (Å²) >= 11 is 0. The van der Waals surface area contributed by atoms with Gasteiger partial charge in [0, 0.05) is 5.56 Å². The molecule has 1 aromatic carbocycles. The second kappa shape index (κ2) is 4.67. The SMILES string of the molecule is Cc1ccccc1-c1noc([C@H](N)C(C)C)n1. The molecule has 0 saturated carbocycles. The Morgan fingerprint density at radius 1 is 1.24 bits per heavy atom. The largest absolute Gasteiger partial charge is 0.337 e. The summed E-state index contributed by atoms with van der Waals surface area (Å²) in [7, 11) is 0. The van der Waals surface area contributed by atoms with Gasteiger partial charge in [-0.15, -0.1) is 0 Å². The highest BCUT2D eigenvalue weighted by Gasteiger charge is 2.18. The second-order valence-electron chi connectivity index (χ2n) is 4.54. The fourth-order valence-corrected chi connectivity index (χ4v) is 1.59. The topological polar surface area (TPSA) is 64.9 Å². The van der Waals surface area contributed by atoms with E-state index in [9.17, 15) is 0 Å². The maximum Gasteiger partial charge on any atom is 0.244 e. The van der Waals surface area contributed by atoms with E-state index in [4.69, 9.17) is 10.3 Å². The summed E-state index contributed by atoms with van der Waals surface area (Å²) in [4.78, 5) is 4.36. The molecule has 1 heterocycles. The van der Waals surface area contributed by atoms with Crippen molar-refractivity contribution < 1.29 is 4.52 Å². The molecule has 0 bridgehead atoms. The van der Waals surface area contributed by atoms with Crippen molar-refractivity contribution in [1.82, 2.24) is 10.1 Å². The van der Waals surface area contributed by atoms with Gasteiger partial charge in [-0.1, -0.05) is 43.3 Å². The Hall–Kier alpha value is -1.68. The lowest BCUT2D eigenvalue weighted by molar-refractivity contribution is 0.325. The van der Waals surface area contributed by atoms with E-state index in [0.29, 0.717) is 11.7 Å². The van der Waals surface area contributed by atoms with E-state index in [1.807, 2.05) is 45.0 Å². The van der Waals surface area contributed by atoms with Crippen LogP contribution in [-0.4, -0.2) is 10.1 Å². The van der Waals surface area contributed by atoms with E-state index in [0.717, 1.165) is 11.1 Å². The Kier molecular flexibility index (Phi) is 3.24. The monoisotopic (exact) mass is 231 g/mol. The van der Waals surface area contributed by atoms with E-state index >= 15 is 0 Å². The Balaban J connectivity index is 2.34. The number of hydrogen-bond donors (Lipinski definition) is 1. The molecular formula is C13H17N3O. The second-order valence-corrected chi connectivity index (χ2v) is 4.54. The lowest BCUT2D eigenvalue weighted by Gasteiger charge is -2.09. The third-order valence-corrected chi connectivity index (χ3v) is 2.83. The molecule has 2 N–H and O–H groups in total. The van der Waals surface area contributed by atoms with E-state index in [-0.39, 0.29) is 12.0 Å². The van der Waals surface area contributed by atoms with Gasteiger partial charge in [0.05, 0.1) is 6.04 Å². The van der Waals surface area contributed by atoms with Crippen molar-refractivity contribution in [2.75, 3.05) is 0 Å². The molecule has 0 spiro atoms. The van der Waals surface area contributed by atoms with Gasteiger partial charge in [0.2, 0.25) is 11.7 Å². The Labute approximate surface area is 101 Å². The molecule has 2 aromatic rings. The van der Waals surface area contributed by atoms with Crippen LogP contribution in [0.1, 0.15) is 31.3 Å². The molecule has 0 aliphatic carbocycles. The van der Waals surface area contributed by atoms with Crippen LogP contribution in [0.4, 0.5) is 0 Å². The van der Waals surface area contributed by atoms with Crippen LogP contribution in [0, 0.1) is 12.8 Å². The molecule has 0 aliphatic rings. The van der Waals surface area contributed by atoms with Crippen molar-refractivity contribution >= 4 is 0 Å². The predicted octanol–water partition coefficient (Wildman–Crippen LogP) is 2.70. The molecule has 4 nitrogen and oxygen atoms in total. The summed E-state index contributed by atoms with van der Waals surface area (Å²) in [6.07, 6.45) is 0. The molecule has 4 heteroatoms. The van der Waals surface area contributed by atoms with Crippen LogP contribution in [-0.2, 0) is 0 Å². The van der Waals surface area contributed by atoms with Crippen molar-refractivity contribution in [2.45, 2.75) is 26.8 Å². The molecule has 0 radical (unpaired) electrons. The number of aryl methyl sites for hydroxylation is 1. The van der Waals surface area contributed by atoms with Gasteiger partial charge in [-0.05, 0) is 18.4 Å². The standard InChI is InChI=1S/C13H17N3O/c1-8(2)11(14)13-15-12(16-17-13)10-7-5-4-6-9(10)3/h4-8,11H,14H2,1-3H3/t11-/m1/s1. The lowest BCUT2D eigenvalue weighted by Crippen LogP contribution is -2.16. The zero-order valence-electron chi connectivity index (χ0n) is 10.3. The van der Waals surface area contributed by atoms with E-state index < -0.39 is 0 Å². The third kappa shape index (κ3) is 2.36. The van der Waals surface area contributed by atoms with Crippen LogP contribution in [0.2, 0.25) is 0 Å². The maximum absolute atomic E-state index is 5.97. The van der Waals surface area contributed by atoms with E-state index in [1.54, 1.807) is 0 Å². The summed E-state index contributed by atoms with van der Waals surface area (Å²) in [5.74, 6) is 1.38. The third-order valence-electron chi connectivity index (χ3n) is 2.83. The first-order chi connectivity index (χ1) is 8.09. The Bertz CT molecular complexity index is 505. The van der Waals surface area contributed by atoms with E-state index in [2.05, 4.69) is 10.1 Å². The lowest BCUT2D eigenvalue weighted by atomic mass is 10.1. The Morgan fingerprint density at radius 2 is 1.94 bits per heavy atom. The van der Waals surface area contributed by atoms with Crippen LogP contribution >= 0.6 is 0 Å². The van der Waals surface area contributed by atoms with Crippen LogP contribution in [0.15, 0.2) is 28.8 Å². The summed E-state index contributed by atoms with van der Waals surface area (Å²) in [5, 5.41) is 3.98. The van der Waals surface area contributed by atoms with Gasteiger partial charge in [0.1, 0.15) is 0 Å². The average molecular weight is 231 g/mol. The van der Waals surface area contributed by atoms with Crippen molar-refractivity contribution in [3.8, 4) is 11.4 Å². The van der Waals surface area contributed by atoms with Crippen molar-refractivity contribution in [3.63, 3.8) is 0 Å². The fraction of sp³-hybridized carbons (Fsp3) is 0.385. The quantitative estimate of drug-likeness (QED) is 0.882. The highest BCUT2D eigenvalue weighted by molar-refractivity contribution is 5.58. The molecule has 2 rings (SSSR count). The minimum atomic E-state index is -0.208. The molecule has 1 atom stereocenters. The zero-order chi connectivity index (χ0) is 12.4. The highest BCUT2D eigenvalue weighted by atomic mass is 16.5. The Morgan fingerprint density at radius 3 is 2.59 bits per heavy atom. The highest BCUT2D eigenvalue weighted by Crippen LogP contribution is 2.23. The maximum atomic E-state index is 5.97. The molecule has 0 unspecified atom stereocenters. The molecule has 0 amide bonds. The number of aromatic nitrogens is 2. The predicted molar refractivity (Wildman–Crippen MR) is 66.2 cm³/mol. The summed E-state index contributed by atoms with van der Waals surface area (Å²) in [5.41, 5.74) is 8.08. The number of nitrogens with two attached hydrogens (primary N) is 1. The van der Waals surface area contributed by atoms with Gasteiger partial charge in [-0.25, -0.2) is 0 Å². The average Bonchev–Trinajstić information content (AvgIpc) is 2.77. The molecule has 0 fully saturated rings. The summed E-state index contributed by atoms with van der Waals surface area (Å²) < 4.78 is 5.21. The van der Waals surface area contributed by atoms with Crippen molar-refractivity contribution in [2.24, 2.45) is 11.7 Å². The summed E-state index contributed by atoms with van der Waals surface area (Å²) in [6, 6.07) is 7.74. The minimum absolute atomic E-state index is 0.208. The first-order valence-corrected chi connectivity index (χ1v) is 5.74. The normalized spacial score (nSPS) is 13.0. The first kappa shape index (κ1) is 11.8. The van der Waals surface area contributed by atoms with Crippen LogP contribution in [0.3, 0.4) is 0 Å². The van der Waals surface area contributed by atoms with Gasteiger partial charge in [0.15, 0.2) is 0 Å². The zero-order valence-corrected chi connectivity index (χ0v) is 10.3. The number of hydrogen-bond acceptors (Lipinski definition) is 4. The molecular weight excluding hydrogens is 214 g/mol.